The fourth-order valence-electron chi connectivity index (χ4n) is 2.76. The molecule has 1 aliphatic rings. The van der Waals surface area contributed by atoms with Crippen LogP contribution in [0.2, 0.25) is 0 Å². The van der Waals surface area contributed by atoms with Crippen LogP contribution in [0.25, 0.3) is 0 Å². The van der Waals surface area contributed by atoms with Crippen molar-refractivity contribution >= 4 is 29.1 Å². The highest BCUT2D eigenvalue weighted by Gasteiger charge is 2.30. The molecule has 0 atom stereocenters. The van der Waals surface area contributed by atoms with Crippen LogP contribution in [0, 0.1) is 0 Å². The lowest BCUT2D eigenvalue weighted by molar-refractivity contribution is -0.137. The summed E-state index contributed by atoms with van der Waals surface area (Å²) in [6.07, 6.45) is 1.18. The van der Waals surface area contributed by atoms with E-state index in [-0.39, 0.29) is 24.8 Å². The predicted molar refractivity (Wildman–Crippen MR) is 101 cm³/mol. The molecule has 3 rings (SSSR count). The zero-order valence-electron chi connectivity index (χ0n) is 14.8. The summed E-state index contributed by atoms with van der Waals surface area (Å²) in [6.45, 7) is -0.353. The molecule has 0 fully saturated rings. The minimum Gasteiger partial charge on any atom is -0.395 e. The van der Waals surface area contributed by atoms with Crippen molar-refractivity contribution in [3.8, 4) is 0 Å². The number of carbonyl (C=O) groups is 3. The first-order valence-electron chi connectivity index (χ1n) is 8.40. The first-order valence-corrected chi connectivity index (χ1v) is 8.40. The Morgan fingerprint density at radius 1 is 1.11 bits per heavy atom. The molecule has 0 aromatic heterocycles. The first-order chi connectivity index (χ1) is 13.0. The molecule has 1 aliphatic heterocycles. The zero-order valence-corrected chi connectivity index (χ0v) is 14.8. The SMILES string of the molecule is CN(C(=O)c1cccc(NC2=CC(=O)N(CCO)C2=O)c1)c1ccccc1. The number of anilines is 2. The van der Waals surface area contributed by atoms with Crippen molar-refractivity contribution in [2.45, 2.75) is 0 Å². The summed E-state index contributed by atoms with van der Waals surface area (Å²) in [7, 11) is 1.69. The van der Waals surface area contributed by atoms with Crippen LogP contribution in [0.1, 0.15) is 10.4 Å². The molecule has 0 bridgehead atoms. The Balaban J connectivity index is 1.76. The molecule has 0 unspecified atom stereocenters. The molecular formula is C20H19N3O4. The number of benzene rings is 2. The van der Waals surface area contributed by atoms with Crippen LogP contribution in [0.5, 0.6) is 0 Å². The highest BCUT2D eigenvalue weighted by Crippen LogP contribution is 2.20. The number of imide groups is 1. The van der Waals surface area contributed by atoms with E-state index in [1.54, 1.807) is 31.3 Å². The highest BCUT2D eigenvalue weighted by molar-refractivity contribution is 6.17. The Bertz CT molecular complexity index is 908. The quantitative estimate of drug-likeness (QED) is 0.760. The number of hydrogen-bond acceptors (Lipinski definition) is 5. The summed E-state index contributed by atoms with van der Waals surface area (Å²) >= 11 is 0. The second kappa shape index (κ2) is 7.84. The molecule has 0 saturated heterocycles. The second-order valence-corrected chi connectivity index (χ2v) is 5.98. The third-order valence-electron chi connectivity index (χ3n) is 4.17. The lowest BCUT2D eigenvalue weighted by Gasteiger charge is -2.18. The average molecular weight is 365 g/mol. The number of aliphatic hydroxyl groups excluding tert-OH is 1. The van der Waals surface area contributed by atoms with E-state index in [9.17, 15) is 14.4 Å². The Kier molecular flexibility index (Phi) is 5.33. The number of nitrogens with one attached hydrogen (secondary N) is 1. The molecule has 2 aromatic carbocycles. The van der Waals surface area contributed by atoms with E-state index < -0.39 is 11.8 Å². The van der Waals surface area contributed by atoms with Crippen molar-refractivity contribution < 1.29 is 19.5 Å². The van der Waals surface area contributed by atoms with E-state index in [0.717, 1.165) is 10.6 Å². The molecule has 1 heterocycles. The van der Waals surface area contributed by atoms with Gasteiger partial charge in [-0.05, 0) is 30.3 Å². The van der Waals surface area contributed by atoms with Crippen molar-refractivity contribution in [1.82, 2.24) is 4.90 Å². The molecule has 138 valence electrons. The molecule has 27 heavy (non-hydrogen) atoms. The summed E-state index contributed by atoms with van der Waals surface area (Å²) in [5.74, 6) is -1.19. The molecule has 0 spiro atoms. The third kappa shape index (κ3) is 3.88. The number of hydrogen-bond donors (Lipinski definition) is 2. The van der Waals surface area contributed by atoms with Gasteiger partial charge in [0.25, 0.3) is 17.7 Å². The first kappa shape index (κ1) is 18.3. The average Bonchev–Trinajstić information content (AvgIpc) is 2.95. The molecule has 7 nitrogen and oxygen atoms in total. The van der Waals surface area contributed by atoms with E-state index in [1.165, 1.54) is 11.0 Å². The number of aliphatic hydroxyl groups is 1. The fraction of sp³-hybridized carbons (Fsp3) is 0.150. The van der Waals surface area contributed by atoms with E-state index in [0.29, 0.717) is 11.3 Å². The maximum atomic E-state index is 12.7. The lowest BCUT2D eigenvalue weighted by Crippen LogP contribution is -2.34. The van der Waals surface area contributed by atoms with Gasteiger partial charge in [0.05, 0.1) is 13.2 Å². The van der Waals surface area contributed by atoms with Crippen molar-refractivity contribution in [2.75, 3.05) is 30.4 Å². The van der Waals surface area contributed by atoms with Gasteiger partial charge in [-0.15, -0.1) is 0 Å². The largest absolute Gasteiger partial charge is 0.395 e. The Hall–Kier alpha value is -3.45. The van der Waals surface area contributed by atoms with Gasteiger partial charge in [0.15, 0.2) is 0 Å². The molecule has 0 saturated carbocycles. The van der Waals surface area contributed by atoms with Crippen LogP contribution in [-0.2, 0) is 9.59 Å². The van der Waals surface area contributed by atoms with Crippen molar-refractivity contribution in [1.29, 1.82) is 0 Å². The lowest BCUT2D eigenvalue weighted by atomic mass is 10.1. The number of nitrogens with zero attached hydrogens (tertiary/aromatic N) is 2. The van der Waals surface area contributed by atoms with Gasteiger partial charge in [0.1, 0.15) is 5.70 Å². The van der Waals surface area contributed by atoms with Crippen molar-refractivity contribution in [3.63, 3.8) is 0 Å². The summed E-state index contributed by atoms with van der Waals surface area (Å²) in [6, 6.07) is 16.0. The number of para-hydroxylation sites is 1. The van der Waals surface area contributed by atoms with Crippen LogP contribution >= 0.6 is 0 Å². The molecule has 2 N–H and O–H groups in total. The number of carbonyl (C=O) groups excluding carboxylic acids is 3. The maximum Gasteiger partial charge on any atom is 0.277 e. The smallest absolute Gasteiger partial charge is 0.277 e. The molecule has 3 amide bonds. The molecule has 0 aliphatic carbocycles. The number of rotatable bonds is 6. The normalized spacial score (nSPS) is 13.6. The van der Waals surface area contributed by atoms with Gasteiger partial charge < -0.3 is 15.3 Å². The minimum atomic E-state index is -0.507. The van der Waals surface area contributed by atoms with Gasteiger partial charge in [0, 0.05) is 30.1 Å². The van der Waals surface area contributed by atoms with E-state index >= 15 is 0 Å². The number of β-amino-alcohol motifs (C(OH)–C–C–N with tert-alkyl or cyclic N) is 1. The van der Waals surface area contributed by atoms with Gasteiger partial charge in [-0.3, -0.25) is 19.3 Å². The number of amides is 3. The van der Waals surface area contributed by atoms with E-state index in [4.69, 9.17) is 5.11 Å². The van der Waals surface area contributed by atoms with Crippen LogP contribution in [0.3, 0.4) is 0 Å². The third-order valence-corrected chi connectivity index (χ3v) is 4.17. The van der Waals surface area contributed by atoms with Crippen LogP contribution in [-0.4, -0.2) is 47.9 Å². The maximum absolute atomic E-state index is 12.7. The standard InChI is InChI=1S/C20H19N3O4/c1-22(16-8-3-2-4-9-16)19(26)14-6-5-7-15(12-14)21-17-13-18(25)23(10-11-24)20(17)27/h2-9,12-13,21,24H,10-11H2,1H3. The van der Waals surface area contributed by atoms with Crippen LogP contribution in [0.15, 0.2) is 66.4 Å². The molecule has 2 aromatic rings. The molecule has 0 radical (unpaired) electrons. The topological polar surface area (TPSA) is 90.0 Å². The van der Waals surface area contributed by atoms with Crippen molar-refractivity contribution in [2.24, 2.45) is 0 Å². The Labute approximate surface area is 156 Å². The summed E-state index contributed by atoms with van der Waals surface area (Å²) in [5.41, 5.74) is 1.82. The Morgan fingerprint density at radius 2 is 1.85 bits per heavy atom. The van der Waals surface area contributed by atoms with E-state index in [1.807, 2.05) is 30.3 Å². The van der Waals surface area contributed by atoms with Gasteiger partial charge >= 0.3 is 0 Å². The zero-order chi connectivity index (χ0) is 19.4. The van der Waals surface area contributed by atoms with Gasteiger partial charge in [0.2, 0.25) is 0 Å². The van der Waals surface area contributed by atoms with Gasteiger partial charge in [-0.2, -0.15) is 0 Å². The second-order valence-electron chi connectivity index (χ2n) is 5.98. The predicted octanol–water partition coefficient (Wildman–Crippen LogP) is 1.62. The van der Waals surface area contributed by atoms with Crippen molar-refractivity contribution in [3.05, 3.63) is 71.9 Å². The Morgan fingerprint density at radius 3 is 2.56 bits per heavy atom. The summed E-state index contributed by atoms with van der Waals surface area (Å²) in [5, 5.41) is 11.8. The van der Waals surface area contributed by atoms with Gasteiger partial charge in [-0.25, -0.2) is 0 Å². The van der Waals surface area contributed by atoms with E-state index in [2.05, 4.69) is 5.32 Å². The highest BCUT2D eigenvalue weighted by atomic mass is 16.3. The van der Waals surface area contributed by atoms with Gasteiger partial charge in [-0.1, -0.05) is 24.3 Å². The van der Waals surface area contributed by atoms with Crippen LogP contribution < -0.4 is 10.2 Å². The molecule has 7 heteroatoms. The molecular weight excluding hydrogens is 346 g/mol. The monoisotopic (exact) mass is 365 g/mol. The minimum absolute atomic E-state index is 0.0558. The van der Waals surface area contributed by atoms with Crippen LogP contribution in [0.4, 0.5) is 11.4 Å². The summed E-state index contributed by atoms with van der Waals surface area (Å²) in [4.78, 5) is 39.2. The fourth-order valence-corrected chi connectivity index (χ4v) is 2.76. The summed E-state index contributed by atoms with van der Waals surface area (Å²) < 4.78 is 0.